The first kappa shape index (κ1) is 14.6. The molecule has 7 heteroatoms. The van der Waals surface area contributed by atoms with Gasteiger partial charge in [0.15, 0.2) is 11.0 Å². The fraction of sp³-hybridized carbons (Fsp3) is 0.154. The Morgan fingerprint density at radius 3 is 2.95 bits per heavy atom. The van der Waals surface area contributed by atoms with Crippen molar-refractivity contribution in [2.24, 2.45) is 10.7 Å². The van der Waals surface area contributed by atoms with Gasteiger partial charge >= 0.3 is 0 Å². The van der Waals surface area contributed by atoms with E-state index in [1.54, 1.807) is 0 Å². The molecule has 1 aromatic carbocycles. The summed E-state index contributed by atoms with van der Waals surface area (Å²) < 4.78 is 5.55. The minimum absolute atomic E-state index is 0.319. The lowest BCUT2D eigenvalue weighted by molar-refractivity contribution is 0.293. The first-order valence-electron chi connectivity index (χ1n) is 5.75. The molecule has 0 aliphatic carbocycles. The smallest absolute Gasteiger partial charge is 0.234 e. The summed E-state index contributed by atoms with van der Waals surface area (Å²) in [6.07, 6.45) is 4.88. The normalized spacial score (nSPS) is 11.4. The Morgan fingerprint density at radius 2 is 2.20 bits per heavy atom. The lowest BCUT2D eigenvalue weighted by Gasteiger charge is -2.06. The summed E-state index contributed by atoms with van der Waals surface area (Å²) >= 11 is 7.39. The fourth-order valence-electron chi connectivity index (χ4n) is 1.39. The van der Waals surface area contributed by atoms with Gasteiger partial charge in [-0.2, -0.15) is 4.98 Å². The van der Waals surface area contributed by atoms with Gasteiger partial charge in [-0.3, -0.25) is 4.98 Å². The van der Waals surface area contributed by atoms with E-state index in [-0.39, 0.29) is 0 Å². The molecular weight excluding hydrogens is 296 g/mol. The highest BCUT2D eigenvalue weighted by atomic mass is 35.5. The summed E-state index contributed by atoms with van der Waals surface area (Å²) in [7, 11) is 0. The highest BCUT2D eigenvalue weighted by Gasteiger charge is 2.03. The van der Waals surface area contributed by atoms with Gasteiger partial charge in [-0.25, -0.2) is 4.99 Å². The van der Waals surface area contributed by atoms with Crippen LogP contribution in [0, 0.1) is 0 Å². The Labute approximate surface area is 126 Å². The number of nitrogens with zero attached hydrogens (tertiary/aromatic N) is 3. The number of amidine groups is 1. The van der Waals surface area contributed by atoms with Crippen molar-refractivity contribution >= 4 is 34.3 Å². The van der Waals surface area contributed by atoms with Gasteiger partial charge in [0.1, 0.15) is 6.61 Å². The number of thioether (sulfide) groups is 1. The second kappa shape index (κ2) is 7.12. The van der Waals surface area contributed by atoms with Crippen LogP contribution in [0.4, 0.5) is 5.82 Å². The third-order valence-corrected chi connectivity index (χ3v) is 3.25. The molecule has 0 bridgehead atoms. The zero-order valence-electron chi connectivity index (χ0n) is 10.8. The van der Waals surface area contributed by atoms with Gasteiger partial charge in [-0.05, 0) is 12.3 Å². The number of rotatable bonds is 4. The topological polar surface area (TPSA) is 73.4 Å². The first-order valence-corrected chi connectivity index (χ1v) is 7.35. The molecule has 0 spiro atoms. The third kappa shape index (κ3) is 4.11. The van der Waals surface area contributed by atoms with Crippen LogP contribution in [0.15, 0.2) is 41.7 Å². The van der Waals surface area contributed by atoms with Crippen LogP contribution in [0.5, 0.6) is 5.88 Å². The quantitative estimate of drug-likeness (QED) is 0.694. The number of hydrogen-bond acceptors (Lipinski definition) is 5. The first-order chi connectivity index (χ1) is 9.69. The van der Waals surface area contributed by atoms with Crippen molar-refractivity contribution in [2.45, 2.75) is 6.61 Å². The lowest BCUT2D eigenvalue weighted by atomic mass is 10.2. The van der Waals surface area contributed by atoms with Crippen LogP contribution in [0.1, 0.15) is 5.56 Å². The van der Waals surface area contributed by atoms with Gasteiger partial charge in [0.25, 0.3) is 0 Å². The maximum Gasteiger partial charge on any atom is 0.234 e. The van der Waals surface area contributed by atoms with E-state index in [9.17, 15) is 0 Å². The Kier molecular flexibility index (Phi) is 5.20. The van der Waals surface area contributed by atoms with E-state index in [2.05, 4.69) is 15.0 Å². The highest BCUT2D eigenvalue weighted by molar-refractivity contribution is 8.13. The summed E-state index contributed by atoms with van der Waals surface area (Å²) in [6.45, 7) is 0.319. The van der Waals surface area contributed by atoms with Crippen LogP contribution < -0.4 is 10.5 Å². The van der Waals surface area contributed by atoms with Crippen molar-refractivity contribution in [3.8, 4) is 5.88 Å². The van der Waals surface area contributed by atoms with Crippen LogP contribution >= 0.6 is 23.4 Å². The molecule has 0 unspecified atom stereocenters. The number of hydrogen-bond donors (Lipinski definition) is 1. The average Bonchev–Trinajstić information content (AvgIpc) is 2.47. The summed E-state index contributed by atoms with van der Waals surface area (Å²) in [6, 6.07) is 7.47. The van der Waals surface area contributed by atoms with Crippen molar-refractivity contribution < 1.29 is 4.74 Å². The van der Waals surface area contributed by atoms with Gasteiger partial charge in [-0.15, -0.1) is 0 Å². The standard InChI is InChI=1S/C13H13ClN4OS/c1-20-13(15)18-11-6-16-7-12(17-11)19-8-9-4-2-3-5-10(9)14/h2-7H,8H2,1H3,(H2,15,17,18). The van der Waals surface area contributed by atoms with Crippen molar-refractivity contribution in [2.75, 3.05) is 6.26 Å². The van der Waals surface area contributed by atoms with Crippen molar-refractivity contribution in [3.05, 3.63) is 47.2 Å². The average molecular weight is 309 g/mol. The second-order valence-electron chi connectivity index (χ2n) is 3.75. The Hall–Kier alpha value is -1.79. The van der Waals surface area contributed by atoms with E-state index < -0.39 is 0 Å². The second-order valence-corrected chi connectivity index (χ2v) is 4.98. The molecule has 0 saturated heterocycles. The number of nitrogens with two attached hydrogens (primary N) is 1. The molecule has 5 nitrogen and oxygen atoms in total. The van der Waals surface area contributed by atoms with Crippen LogP contribution in [-0.4, -0.2) is 21.4 Å². The summed E-state index contributed by atoms with van der Waals surface area (Å²) in [5.74, 6) is 0.786. The third-order valence-electron chi connectivity index (χ3n) is 2.37. The van der Waals surface area contributed by atoms with Crippen LogP contribution in [0.2, 0.25) is 5.02 Å². The highest BCUT2D eigenvalue weighted by Crippen LogP contribution is 2.18. The maximum atomic E-state index is 6.05. The molecule has 0 fully saturated rings. The number of benzene rings is 1. The van der Waals surface area contributed by atoms with Crippen LogP contribution in [0.25, 0.3) is 0 Å². The van der Waals surface area contributed by atoms with Crippen molar-refractivity contribution in [3.63, 3.8) is 0 Å². The van der Waals surface area contributed by atoms with Crippen LogP contribution in [-0.2, 0) is 6.61 Å². The predicted molar refractivity (Wildman–Crippen MR) is 82.6 cm³/mol. The van der Waals surface area contributed by atoms with E-state index >= 15 is 0 Å². The molecule has 2 N–H and O–H groups in total. The van der Waals surface area contributed by atoms with E-state index in [4.69, 9.17) is 22.1 Å². The van der Waals surface area contributed by atoms with Gasteiger partial charge in [-0.1, -0.05) is 41.6 Å². The minimum Gasteiger partial charge on any atom is -0.472 e. The zero-order valence-corrected chi connectivity index (χ0v) is 12.4. The van der Waals surface area contributed by atoms with E-state index in [0.29, 0.717) is 28.5 Å². The molecule has 2 aromatic rings. The maximum absolute atomic E-state index is 6.05. The number of aromatic nitrogens is 2. The number of aliphatic imine (C=N–C) groups is 1. The van der Waals surface area contributed by atoms with Gasteiger partial charge < -0.3 is 10.5 Å². The predicted octanol–water partition coefficient (Wildman–Crippen LogP) is 3.02. The van der Waals surface area contributed by atoms with Crippen LogP contribution in [0.3, 0.4) is 0 Å². The number of ether oxygens (including phenoxy) is 1. The Morgan fingerprint density at radius 1 is 1.40 bits per heavy atom. The monoisotopic (exact) mass is 308 g/mol. The molecule has 1 aromatic heterocycles. The largest absolute Gasteiger partial charge is 0.472 e. The van der Waals surface area contributed by atoms with E-state index in [1.165, 1.54) is 24.2 Å². The Balaban J connectivity index is 2.07. The van der Waals surface area contributed by atoms with E-state index in [0.717, 1.165) is 5.56 Å². The van der Waals surface area contributed by atoms with Gasteiger partial charge in [0.05, 0.1) is 12.4 Å². The zero-order chi connectivity index (χ0) is 14.4. The van der Waals surface area contributed by atoms with Gasteiger partial charge in [0, 0.05) is 10.6 Å². The number of halogens is 1. The molecule has 0 aliphatic rings. The summed E-state index contributed by atoms with van der Waals surface area (Å²) in [5, 5.41) is 1.07. The molecule has 0 amide bonds. The minimum atomic E-state index is 0.319. The molecule has 20 heavy (non-hydrogen) atoms. The Bertz CT molecular complexity index is 621. The molecule has 0 radical (unpaired) electrons. The van der Waals surface area contributed by atoms with Crippen molar-refractivity contribution in [1.82, 2.24) is 9.97 Å². The molecule has 0 aliphatic heterocycles. The SMILES string of the molecule is CS/C(N)=N/c1cncc(OCc2ccccc2Cl)n1. The lowest BCUT2D eigenvalue weighted by Crippen LogP contribution is -2.05. The summed E-state index contributed by atoms with van der Waals surface area (Å²) in [4.78, 5) is 12.3. The molecule has 2 rings (SSSR count). The van der Waals surface area contributed by atoms with Gasteiger partial charge in [0.2, 0.25) is 5.88 Å². The molecule has 104 valence electrons. The summed E-state index contributed by atoms with van der Waals surface area (Å²) in [5.41, 5.74) is 6.51. The fourth-order valence-corrected chi connectivity index (χ4v) is 1.76. The molecule has 0 saturated carbocycles. The molecule has 0 atom stereocenters. The van der Waals surface area contributed by atoms with Crippen molar-refractivity contribution in [1.29, 1.82) is 0 Å². The molecular formula is C13H13ClN4OS. The molecule has 1 heterocycles. The van der Waals surface area contributed by atoms with E-state index in [1.807, 2.05) is 30.5 Å².